The number of aliphatic hydroxyl groups is 1. The van der Waals surface area contributed by atoms with Gasteiger partial charge in [0.25, 0.3) is 6.43 Å². The second-order valence-electron chi connectivity index (χ2n) is 5.85. The van der Waals surface area contributed by atoms with E-state index in [0.29, 0.717) is 4.47 Å². The summed E-state index contributed by atoms with van der Waals surface area (Å²) < 4.78 is 55.9. The fraction of sp³-hybridized carbons (Fsp3) is 0.571. The molecule has 0 amide bonds. The molecule has 0 aliphatic rings. The first kappa shape index (κ1) is 19.6. The number of alkyl halides is 2. The molecule has 0 bridgehead atoms. The Morgan fingerprint density at radius 2 is 1.95 bits per heavy atom. The Bertz CT molecular complexity index is 551. The Labute approximate surface area is 139 Å². The van der Waals surface area contributed by atoms with E-state index in [1.165, 1.54) is 12.1 Å². The third-order valence-corrected chi connectivity index (χ3v) is 5.27. The van der Waals surface area contributed by atoms with E-state index in [4.69, 9.17) is 0 Å². The highest BCUT2D eigenvalue weighted by molar-refractivity contribution is 9.10. The molecule has 0 fully saturated rings. The number of nitrogens with one attached hydrogen (secondary N) is 1. The van der Waals surface area contributed by atoms with Crippen molar-refractivity contribution < 1.29 is 22.5 Å². The number of hydrogen-bond acceptors (Lipinski definition) is 2. The molecule has 22 heavy (non-hydrogen) atoms. The monoisotopic (exact) mass is 401 g/mol. The van der Waals surface area contributed by atoms with Crippen molar-refractivity contribution in [1.29, 1.82) is 0 Å². The van der Waals surface area contributed by atoms with E-state index in [1.807, 2.05) is 0 Å². The fourth-order valence-electron chi connectivity index (χ4n) is 1.85. The summed E-state index contributed by atoms with van der Waals surface area (Å²) in [6, 6.07) is 3.65. The summed E-state index contributed by atoms with van der Waals surface area (Å²) in [5.41, 5.74) is -2.57. The van der Waals surface area contributed by atoms with Crippen molar-refractivity contribution >= 4 is 26.9 Å². The zero-order chi connectivity index (χ0) is 17.1. The van der Waals surface area contributed by atoms with E-state index < -0.39 is 46.5 Å². The first-order chi connectivity index (χ1) is 10.0. The minimum Gasteiger partial charge on any atom is -0.396 e. The summed E-state index contributed by atoms with van der Waals surface area (Å²) in [7, 11) is -1.87. The minimum atomic E-state index is -3.06. The van der Waals surface area contributed by atoms with Crippen LogP contribution in [0.4, 0.5) is 13.2 Å². The van der Waals surface area contributed by atoms with Crippen molar-refractivity contribution in [3.8, 4) is 0 Å². The van der Waals surface area contributed by atoms with Crippen LogP contribution in [-0.4, -0.2) is 27.1 Å². The van der Waals surface area contributed by atoms with E-state index >= 15 is 0 Å². The molecule has 0 aliphatic heterocycles. The van der Waals surface area contributed by atoms with Crippen LogP contribution < -0.4 is 4.72 Å². The smallest absolute Gasteiger partial charge is 0.261 e. The Kier molecular flexibility index (Phi) is 6.61. The zero-order valence-corrected chi connectivity index (χ0v) is 14.9. The van der Waals surface area contributed by atoms with E-state index in [2.05, 4.69) is 20.7 Å². The summed E-state index contributed by atoms with van der Waals surface area (Å²) in [5, 5.41) is 9.18. The number of halogens is 4. The molecule has 126 valence electrons. The quantitative estimate of drug-likeness (QED) is 0.766. The molecule has 3 nitrogen and oxygen atoms in total. The predicted molar refractivity (Wildman–Crippen MR) is 84.5 cm³/mol. The van der Waals surface area contributed by atoms with E-state index in [-0.39, 0.29) is 5.56 Å². The van der Waals surface area contributed by atoms with Gasteiger partial charge in [0.15, 0.2) is 0 Å². The van der Waals surface area contributed by atoms with Gasteiger partial charge in [-0.2, -0.15) is 0 Å². The van der Waals surface area contributed by atoms with Crippen LogP contribution in [0.3, 0.4) is 0 Å². The highest BCUT2D eigenvalue weighted by atomic mass is 79.9. The Morgan fingerprint density at radius 3 is 2.41 bits per heavy atom. The molecule has 0 saturated heterocycles. The van der Waals surface area contributed by atoms with Gasteiger partial charge in [0.1, 0.15) is 11.4 Å². The Hall–Kier alpha value is -0.440. The van der Waals surface area contributed by atoms with Gasteiger partial charge in [0.2, 0.25) is 0 Å². The van der Waals surface area contributed by atoms with E-state index in [0.717, 1.165) is 6.07 Å². The molecule has 0 unspecified atom stereocenters. The molecular formula is C14H19BrF3NO2S. The van der Waals surface area contributed by atoms with Crippen LogP contribution in [0.5, 0.6) is 0 Å². The summed E-state index contributed by atoms with van der Waals surface area (Å²) in [4.78, 5) is 0. The third kappa shape index (κ3) is 4.31. The molecule has 0 spiro atoms. The van der Waals surface area contributed by atoms with Crippen molar-refractivity contribution in [3.05, 3.63) is 34.1 Å². The van der Waals surface area contributed by atoms with Gasteiger partial charge < -0.3 is 5.11 Å². The molecule has 1 aromatic rings. The van der Waals surface area contributed by atoms with Crippen LogP contribution in [-0.2, 0) is 16.5 Å². The lowest BCUT2D eigenvalue weighted by atomic mass is 9.88. The van der Waals surface area contributed by atoms with Crippen LogP contribution in [0.25, 0.3) is 0 Å². The molecule has 1 aromatic carbocycles. The average Bonchev–Trinajstić information content (AvgIpc) is 2.39. The highest BCUT2D eigenvalue weighted by Gasteiger charge is 2.46. The van der Waals surface area contributed by atoms with Crippen LogP contribution in [0.15, 0.2) is 22.7 Å². The molecule has 0 aliphatic carbocycles. The normalized spacial score (nSPS) is 16.6. The van der Waals surface area contributed by atoms with E-state index in [9.17, 15) is 22.5 Å². The van der Waals surface area contributed by atoms with Gasteiger partial charge in [-0.25, -0.2) is 22.1 Å². The number of aliphatic hydroxyl groups excluding tert-OH is 1. The largest absolute Gasteiger partial charge is 0.396 e. The summed E-state index contributed by atoms with van der Waals surface area (Å²) in [5.74, 6) is -0.852. The van der Waals surface area contributed by atoms with E-state index in [1.54, 1.807) is 20.8 Å². The number of hydrogen-bond donors (Lipinski definition) is 2. The van der Waals surface area contributed by atoms with Gasteiger partial charge in [0, 0.05) is 16.6 Å². The van der Waals surface area contributed by atoms with Crippen LogP contribution in [0.2, 0.25) is 0 Å². The summed E-state index contributed by atoms with van der Waals surface area (Å²) in [6.45, 7) is 4.23. The lowest BCUT2D eigenvalue weighted by Gasteiger charge is -2.36. The molecule has 0 aromatic heterocycles. The van der Waals surface area contributed by atoms with Gasteiger partial charge in [-0.3, -0.25) is 0 Å². The van der Waals surface area contributed by atoms with Gasteiger partial charge in [-0.1, -0.05) is 15.9 Å². The lowest BCUT2D eigenvalue weighted by molar-refractivity contribution is 0.0239. The molecule has 0 radical (unpaired) electrons. The van der Waals surface area contributed by atoms with Crippen LogP contribution >= 0.6 is 15.9 Å². The molecule has 2 N–H and O–H groups in total. The standard InChI is InChI=1S/C14H19BrF3NO2S/c1-13(2,3)22(21)19-14(6-7-20,12(17)18)10-8-9(15)4-5-11(10)16/h4-5,8,12,19-20H,6-7H2,1-3H3/t14-,22+/m0/s1. The van der Waals surface area contributed by atoms with Crippen molar-refractivity contribution in [2.24, 2.45) is 0 Å². The number of rotatable bonds is 6. The van der Waals surface area contributed by atoms with Gasteiger partial charge >= 0.3 is 0 Å². The Morgan fingerprint density at radius 1 is 1.36 bits per heavy atom. The maximum atomic E-state index is 14.1. The zero-order valence-electron chi connectivity index (χ0n) is 12.5. The predicted octanol–water partition coefficient (Wildman–Crippen LogP) is 3.48. The molecule has 0 heterocycles. The van der Waals surface area contributed by atoms with Crippen molar-refractivity contribution in [2.75, 3.05) is 6.61 Å². The fourth-order valence-corrected chi connectivity index (χ4v) is 3.15. The van der Waals surface area contributed by atoms with Gasteiger partial charge in [-0.05, 0) is 45.4 Å². The second kappa shape index (κ2) is 7.42. The topological polar surface area (TPSA) is 49.3 Å². The van der Waals surface area contributed by atoms with Crippen molar-refractivity contribution in [2.45, 2.75) is 43.9 Å². The van der Waals surface area contributed by atoms with Crippen LogP contribution in [0.1, 0.15) is 32.8 Å². The minimum absolute atomic E-state index is 0.330. The Balaban J connectivity index is 3.45. The first-order valence-corrected chi connectivity index (χ1v) is 8.53. The molecule has 8 heteroatoms. The molecular weight excluding hydrogens is 383 g/mol. The molecule has 2 atom stereocenters. The first-order valence-electron chi connectivity index (χ1n) is 6.59. The third-order valence-electron chi connectivity index (χ3n) is 3.12. The maximum Gasteiger partial charge on any atom is 0.261 e. The van der Waals surface area contributed by atoms with Gasteiger partial charge in [0.05, 0.1) is 15.7 Å². The second-order valence-corrected chi connectivity index (χ2v) is 8.73. The van der Waals surface area contributed by atoms with Gasteiger partial charge in [-0.15, -0.1) is 0 Å². The summed E-state index contributed by atoms with van der Waals surface area (Å²) >= 11 is 3.12. The molecule has 1 rings (SSSR count). The average molecular weight is 402 g/mol. The maximum absolute atomic E-state index is 14.1. The lowest BCUT2D eigenvalue weighted by Crippen LogP contribution is -2.53. The van der Waals surface area contributed by atoms with Crippen molar-refractivity contribution in [1.82, 2.24) is 4.72 Å². The summed E-state index contributed by atoms with van der Waals surface area (Å²) in [6.07, 6.45) is -3.53. The highest BCUT2D eigenvalue weighted by Crippen LogP contribution is 2.36. The number of benzene rings is 1. The SMILES string of the molecule is CC(C)(C)[S@@](=O)N[C@@](CCO)(c1cc(Br)ccc1F)C(F)F. The molecule has 0 saturated carbocycles. The van der Waals surface area contributed by atoms with Crippen LogP contribution in [0, 0.1) is 5.82 Å². The van der Waals surface area contributed by atoms with Crippen molar-refractivity contribution in [3.63, 3.8) is 0 Å².